The summed E-state index contributed by atoms with van der Waals surface area (Å²) in [5, 5.41) is 2.18. The number of hydrogen-bond acceptors (Lipinski definition) is 4. The van der Waals surface area contributed by atoms with Crippen LogP contribution in [0.2, 0.25) is 5.15 Å². The summed E-state index contributed by atoms with van der Waals surface area (Å²) in [5.74, 6) is 0.396. The van der Waals surface area contributed by atoms with Gasteiger partial charge in [-0.25, -0.2) is 14.2 Å². The molecule has 2 aromatic carbocycles. The number of pyridine rings is 1. The summed E-state index contributed by atoms with van der Waals surface area (Å²) in [7, 11) is 0. The highest BCUT2D eigenvalue weighted by molar-refractivity contribution is 6.30. The van der Waals surface area contributed by atoms with Crippen molar-refractivity contribution in [3.05, 3.63) is 59.6 Å². The molecule has 1 amide bonds. The van der Waals surface area contributed by atoms with Crippen LogP contribution < -0.4 is 4.74 Å². The largest absolute Gasteiger partial charge is 0.490 e. The van der Waals surface area contributed by atoms with Gasteiger partial charge in [0.25, 0.3) is 0 Å². The number of hydrogen-bond donors (Lipinski definition) is 0. The number of aromatic nitrogens is 1. The number of carbonyl (C=O) groups excluding carboxylic acids is 1. The second kappa shape index (κ2) is 8.94. The van der Waals surface area contributed by atoms with Crippen LogP contribution in [0.5, 0.6) is 5.75 Å². The maximum Gasteiger partial charge on any atom is 0.410 e. The molecule has 0 atom stereocenters. The van der Waals surface area contributed by atoms with Crippen LogP contribution in [0.3, 0.4) is 0 Å². The Bertz CT molecular complexity index is 1120. The van der Waals surface area contributed by atoms with E-state index in [9.17, 15) is 9.18 Å². The molecule has 32 heavy (non-hydrogen) atoms. The lowest BCUT2D eigenvalue weighted by molar-refractivity contribution is 0.0127. The third-order valence-corrected chi connectivity index (χ3v) is 5.56. The van der Waals surface area contributed by atoms with E-state index in [4.69, 9.17) is 21.1 Å². The molecule has 0 radical (unpaired) electrons. The van der Waals surface area contributed by atoms with E-state index in [0.29, 0.717) is 36.8 Å². The van der Waals surface area contributed by atoms with Crippen molar-refractivity contribution < 1.29 is 18.7 Å². The van der Waals surface area contributed by atoms with Crippen LogP contribution in [0, 0.1) is 5.82 Å². The van der Waals surface area contributed by atoms with Crippen molar-refractivity contribution >= 4 is 28.5 Å². The number of amides is 1. The SMILES string of the molecule is CC(C)(C)OC(=O)N1CCC(Oc2ccc3cnc(Cl)cc3c2-c2ccc(F)cc2)CC1. The first-order valence-corrected chi connectivity index (χ1v) is 11.1. The summed E-state index contributed by atoms with van der Waals surface area (Å²) in [5.41, 5.74) is 1.16. The zero-order chi connectivity index (χ0) is 22.9. The van der Waals surface area contributed by atoms with Gasteiger partial charge in [0, 0.05) is 43.1 Å². The Morgan fingerprint density at radius 1 is 1.12 bits per heavy atom. The van der Waals surface area contributed by atoms with Crippen LogP contribution in [0.15, 0.2) is 48.7 Å². The van der Waals surface area contributed by atoms with Crippen LogP contribution in [0.1, 0.15) is 33.6 Å². The molecule has 3 aromatic rings. The number of piperidine rings is 1. The summed E-state index contributed by atoms with van der Waals surface area (Å²) in [6.07, 6.45) is 2.75. The van der Waals surface area contributed by atoms with Gasteiger partial charge in [-0.15, -0.1) is 0 Å². The highest BCUT2D eigenvalue weighted by Gasteiger charge is 2.28. The van der Waals surface area contributed by atoms with E-state index in [-0.39, 0.29) is 18.0 Å². The smallest absolute Gasteiger partial charge is 0.410 e. The molecule has 5 nitrogen and oxygen atoms in total. The predicted octanol–water partition coefficient (Wildman–Crippen LogP) is 6.47. The van der Waals surface area contributed by atoms with Crippen LogP contribution in [0.4, 0.5) is 9.18 Å². The lowest BCUT2D eigenvalue weighted by Gasteiger charge is -2.34. The number of benzene rings is 2. The second-order valence-corrected chi connectivity index (χ2v) is 9.35. The fraction of sp³-hybridized carbons (Fsp3) is 0.360. The highest BCUT2D eigenvalue weighted by atomic mass is 35.5. The maximum absolute atomic E-state index is 13.6. The fourth-order valence-electron chi connectivity index (χ4n) is 3.85. The summed E-state index contributed by atoms with van der Waals surface area (Å²) >= 11 is 6.18. The molecular formula is C25H26ClFN2O3. The summed E-state index contributed by atoms with van der Waals surface area (Å²) in [6.45, 7) is 6.71. The van der Waals surface area contributed by atoms with Crippen molar-refractivity contribution in [2.75, 3.05) is 13.1 Å². The number of fused-ring (bicyclic) bond motifs is 1. The molecule has 1 saturated heterocycles. The molecule has 4 rings (SSSR count). The van der Waals surface area contributed by atoms with Gasteiger partial charge in [-0.3, -0.25) is 0 Å². The quantitative estimate of drug-likeness (QED) is 0.423. The number of carbonyl (C=O) groups is 1. The zero-order valence-electron chi connectivity index (χ0n) is 18.4. The molecule has 168 valence electrons. The topological polar surface area (TPSA) is 51.7 Å². The van der Waals surface area contributed by atoms with E-state index in [1.165, 1.54) is 12.1 Å². The van der Waals surface area contributed by atoms with E-state index in [0.717, 1.165) is 21.9 Å². The van der Waals surface area contributed by atoms with Crippen molar-refractivity contribution in [2.45, 2.75) is 45.3 Å². The van der Waals surface area contributed by atoms with Crippen molar-refractivity contribution in [2.24, 2.45) is 0 Å². The number of ether oxygens (including phenoxy) is 2. The average Bonchev–Trinajstić information content (AvgIpc) is 2.74. The molecule has 1 fully saturated rings. The Morgan fingerprint density at radius 3 is 2.47 bits per heavy atom. The Labute approximate surface area is 192 Å². The molecule has 1 aliphatic heterocycles. The molecule has 0 aliphatic carbocycles. The molecule has 0 N–H and O–H groups in total. The lowest BCUT2D eigenvalue weighted by Crippen LogP contribution is -2.44. The van der Waals surface area contributed by atoms with Gasteiger partial charge < -0.3 is 14.4 Å². The van der Waals surface area contributed by atoms with E-state index >= 15 is 0 Å². The second-order valence-electron chi connectivity index (χ2n) is 8.96. The number of halogens is 2. The number of rotatable bonds is 3. The Morgan fingerprint density at radius 2 is 1.81 bits per heavy atom. The minimum absolute atomic E-state index is 0.0531. The lowest BCUT2D eigenvalue weighted by atomic mass is 9.98. The molecule has 1 aliphatic rings. The third-order valence-electron chi connectivity index (χ3n) is 5.35. The van der Waals surface area contributed by atoms with Crippen LogP contribution >= 0.6 is 11.6 Å². The van der Waals surface area contributed by atoms with Gasteiger partial charge in [-0.05, 0) is 62.1 Å². The number of likely N-dealkylation sites (tertiary alicyclic amines) is 1. The van der Waals surface area contributed by atoms with Gasteiger partial charge in [0.2, 0.25) is 0 Å². The van der Waals surface area contributed by atoms with Crippen molar-refractivity contribution in [3.63, 3.8) is 0 Å². The standard InChI is InChI=1S/C25H26ClFN2O3/c1-25(2,3)32-24(30)29-12-10-19(11-13-29)31-21-9-6-17-15-28-22(26)14-20(17)23(21)16-4-7-18(27)8-5-16/h4-9,14-15,19H,10-13H2,1-3H3. The zero-order valence-corrected chi connectivity index (χ0v) is 19.2. The summed E-state index contributed by atoms with van der Waals surface area (Å²) < 4.78 is 25.4. The molecule has 0 unspecified atom stereocenters. The molecule has 2 heterocycles. The van der Waals surface area contributed by atoms with Crippen LogP contribution in [0.25, 0.3) is 21.9 Å². The predicted molar refractivity (Wildman–Crippen MR) is 124 cm³/mol. The normalized spacial score (nSPS) is 15.1. The van der Waals surface area contributed by atoms with E-state index in [2.05, 4.69) is 4.98 Å². The molecule has 7 heteroatoms. The van der Waals surface area contributed by atoms with Crippen molar-refractivity contribution in [1.82, 2.24) is 9.88 Å². The van der Waals surface area contributed by atoms with Crippen molar-refractivity contribution in [3.8, 4) is 16.9 Å². The van der Waals surface area contributed by atoms with Gasteiger partial charge in [-0.2, -0.15) is 0 Å². The van der Waals surface area contributed by atoms with E-state index in [1.54, 1.807) is 29.3 Å². The monoisotopic (exact) mass is 456 g/mol. The molecule has 0 bridgehead atoms. The minimum Gasteiger partial charge on any atom is -0.490 e. The first-order valence-electron chi connectivity index (χ1n) is 10.7. The first-order chi connectivity index (χ1) is 15.2. The Balaban J connectivity index is 1.58. The van der Waals surface area contributed by atoms with Crippen molar-refractivity contribution in [1.29, 1.82) is 0 Å². The molecule has 0 spiro atoms. The fourth-order valence-corrected chi connectivity index (χ4v) is 4.00. The third kappa shape index (κ3) is 5.13. The minimum atomic E-state index is -0.518. The molecule has 0 saturated carbocycles. The average molecular weight is 457 g/mol. The van der Waals surface area contributed by atoms with E-state index < -0.39 is 5.60 Å². The maximum atomic E-state index is 13.6. The van der Waals surface area contributed by atoms with Crippen LogP contribution in [-0.4, -0.2) is 40.8 Å². The number of nitrogens with zero attached hydrogens (tertiary/aromatic N) is 2. The van der Waals surface area contributed by atoms with Crippen LogP contribution in [-0.2, 0) is 4.74 Å². The van der Waals surface area contributed by atoms with Gasteiger partial charge in [0.05, 0.1) is 0 Å². The van der Waals surface area contributed by atoms with Gasteiger partial charge >= 0.3 is 6.09 Å². The van der Waals surface area contributed by atoms with Gasteiger partial charge in [-0.1, -0.05) is 23.7 Å². The summed E-state index contributed by atoms with van der Waals surface area (Å²) in [4.78, 5) is 18.2. The van der Waals surface area contributed by atoms with E-state index in [1.807, 2.05) is 32.9 Å². The molecular weight excluding hydrogens is 431 g/mol. The Kier molecular flexibility index (Phi) is 6.24. The molecule has 1 aromatic heterocycles. The highest BCUT2D eigenvalue weighted by Crippen LogP contribution is 2.39. The van der Waals surface area contributed by atoms with Gasteiger partial charge in [0.1, 0.15) is 28.4 Å². The van der Waals surface area contributed by atoms with Gasteiger partial charge in [0.15, 0.2) is 0 Å². The first kappa shape index (κ1) is 22.3. The summed E-state index contributed by atoms with van der Waals surface area (Å²) in [6, 6.07) is 12.0. The Hall–Kier alpha value is -2.86.